The molecule has 10 rings (SSSR count). The molecule has 10 aromatic rings. The number of thiophene rings is 1. The highest BCUT2D eigenvalue weighted by molar-refractivity contribution is 7.26. The summed E-state index contributed by atoms with van der Waals surface area (Å²) in [5.74, 6) is 0. The molecular formula is C50H33NS. The van der Waals surface area contributed by atoms with Crippen LogP contribution < -0.4 is 4.90 Å². The minimum absolute atomic E-state index is 1.11. The quantitative estimate of drug-likeness (QED) is 0.169. The lowest BCUT2D eigenvalue weighted by molar-refractivity contribution is 1.28. The first-order chi connectivity index (χ1) is 25.8. The van der Waals surface area contributed by atoms with Gasteiger partial charge in [-0.15, -0.1) is 11.3 Å². The van der Waals surface area contributed by atoms with Crippen molar-refractivity contribution in [3.05, 3.63) is 200 Å². The maximum absolute atomic E-state index is 2.38. The van der Waals surface area contributed by atoms with Crippen molar-refractivity contribution >= 4 is 70.1 Å². The van der Waals surface area contributed by atoms with Gasteiger partial charge in [0.2, 0.25) is 0 Å². The van der Waals surface area contributed by atoms with Gasteiger partial charge in [0.15, 0.2) is 0 Å². The summed E-state index contributed by atoms with van der Waals surface area (Å²) >= 11 is 1.88. The fourth-order valence-electron chi connectivity index (χ4n) is 7.67. The van der Waals surface area contributed by atoms with Crippen LogP contribution in [0.5, 0.6) is 0 Å². The van der Waals surface area contributed by atoms with Crippen LogP contribution in [0.2, 0.25) is 0 Å². The minimum atomic E-state index is 1.11. The van der Waals surface area contributed by atoms with E-state index in [-0.39, 0.29) is 0 Å². The van der Waals surface area contributed by atoms with E-state index in [0.717, 1.165) is 17.1 Å². The third kappa shape index (κ3) is 5.33. The second kappa shape index (κ2) is 12.7. The van der Waals surface area contributed by atoms with E-state index in [1.807, 2.05) is 11.3 Å². The molecule has 1 heterocycles. The van der Waals surface area contributed by atoms with Crippen LogP contribution in [0.3, 0.4) is 0 Å². The van der Waals surface area contributed by atoms with E-state index < -0.39 is 0 Å². The minimum Gasteiger partial charge on any atom is -0.310 e. The zero-order chi connectivity index (χ0) is 34.4. The number of hydrogen-bond donors (Lipinski definition) is 0. The summed E-state index contributed by atoms with van der Waals surface area (Å²) < 4.78 is 2.66. The van der Waals surface area contributed by atoms with E-state index in [1.54, 1.807) is 0 Å². The summed E-state index contributed by atoms with van der Waals surface area (Å²) in [4.78, 5) is 2.38. The smallest absolute Gasteiger partial charge is 0.0467 e. The molecule has 0 spiro atoms. The van der Waals surface area contributed by atoms with E-state index in [0.29, 0.717) is 0 Å². The molecule has 0 saturated heterocycles. The van der Waals surface area contributed by atoms with Crippen molar-refractivity contribution in [2.45, 2.75) is 0 Å². The van der Waals surface area contributed by atoms with Crippen LogP contribution >= 0.6 is 11.3 Å². The van der Waals surface area contributed by atoms with Crippen LogP contribution in [0.1, 0.15) is 0 Å². The zero-order valence-corrected chi connectivity index (χ0v) is 29.2. The topological polar surface area (TPSA) is 3.24 Å². The normalized spacial score (nSPS) is 11.5. The highest BCUT2D eigenvalue weighted by atomic mass is 32.1. The highest BCUT2D eigenvalue weighted by Gasteiger charge is 2.16. The Morgan fingerprint density at radius 2 is 0.904 bits per heavy atom. The number of fused-ring (bicyclic) bond motifs is 5. The molecular weight excluding hydrogens is 647 g/mol. The summed E-state index contributed by atoms with van der Waals surface area (Å²) in [5.41, 5.74) is 10.7. The molecule has 0 saturated carbocycles. The lowest BCUT2D eigenvalue weighted by Gasteiger charge is -2.26. The Kier molecular flexibility index (Phi) is 7.41. The Balaban J connectivity index is 1.08. The number of rotatable bonds is 6. The van der Waals surface area contributed by atoms with E-state index in [1.165, 1.54) is 75.1 Å². The van der Waals surface area contributed by atoms with Crippen LogP contribution in [-0.4, -0.2) is 0 Å². The number of hydrogen-bond acceptors (Lipinski definition) is 2. The van der Waals surface area contributed by atoms with Crippen molar-refractivity contribution in [2.75, 3.05) is 4.90 Å². The Morgan fingerprint density at radius 3 is 1.73 bits per heavy atom. The fraction of sp³-hybridized carbons (Fsp3) is 0. The Bertz CT molecular complexity index is 2890. The predicted octanol–water partition coefficient (Wildman–Crippen LogP) is 14.8. The summed E-state index contributed by atoms with van der Waals surface area (Å²) in [5, 5.41) is 7.66. The molecule has 1 nitrogen and oxygen atoms in total. The average molecular weight is 680 g/mol. The molecule has 0 aliphatic carbocycles. The van der Waals surface area contributed by atoms with Crippen LogP contribution in [0.15, 0.2) is 200 Å². The van der Waals surface area contributed by atoms with Gasteiger partial charge in [0.1, 0.15) is 0 Å². The standard InChI is InChI=1S/C50H33NS/c1-2-12-38-32-39(23-22-34(38)10-1)35-24-28-41(29-25-35)51(43-15-7-14-40(33-43)45-18-8-13-36-11-3-4-16-44(36)45)42-30-26-37(27-31-42)46-19-9-20-48-47-17-5-6-21-49(47)52-50(46)48/h1-33H. The molecule has 0 N–H and O–H groups in total. The molecule has 0 aliphatic heterocycles. The van der Waals surface area contributed by atoms with Gasteiger partial charge in [0.25, 0.3) is 0 Å². The fourth-order valence-corrected chi connectivity index (χ4v) is 8.91. The molecule has 1 aromatic heterocycles. The molecule has 244 valence electrons. The van der Waals surface area contributed by atoms with Crippen LogP contribution in [0, 0.1) is 0 Å². The zero-order valence-electron chi connectivity index (χ0n) is 28.4. The molecule has 0 unspecified atom stereocenters. The van der Waals surface area contributed by atoms with Gasteiger partial charge in [-0.25, -0.2) is 0 Å². The summed E-state index contributed by atoms with van der Waals surface area (Å²) in [7, 11) is 0. The first-order valence-electron chi connectivity index (χ1n) is 17.8. The maximum atomic E-state index is 2.38. The number of nitrogens with zero attached hydrogens (tertiary/aromatic N) is 1. The van der Waals surface area contributed by atoms with Gasteiger partial charge >= 0.3 is 0 Å². The summed E-state index contributed by atoms with van der Waals surface area (Å²) in [6.07, 6.45) is 0. The van der Waals surface area contributed by atoms with Gasteiger partial charge in [0.05, 0.1) is 0 Å². The molecule has 52 heavy (non-hydrogen) atoms. The Hall–Kier alpha value is -6.48. The summed E-state index contributed by atoms with van der Waals surface area (Å²) in [6.45, 7) is 0. The van der Waals surface area contributed by atoms with Gasteiger partial charge in [-0.3, -0.25) is 0 Å². The van der Waals surface area contributed by atoms with Crippen molar-refractivity contribution in [1.82, 2.24) is 0 Å². The van der Waals surface area contributed by atoms with Gasteiger partial charge in [-0.1, -0.05) is 152 Å². The van der Waals surface area contributed by atoms with Crippen molar-refractivity contribution < 1.29 is 0 Å². The second-order valence-electron chi connectivity index (χ2n) is 13.3. The van der Waals surface area contributed by atoms with Crippen molar-refractivity contribution in [3.8, 4) is 33.4 Å². The van der Waals surface area contributed by atoms with E-state index in [2.05, 4.69) is 205 Å². The van der Waals surface area contributed by atoms with Gasteiger partial charge in [0, 0.05) is 37.2 Å². The molecule has 2 heteroatoms. The van der Waals surface area contributed by atoms with Gasteiger partial charge in [-0.05, 0) is 103 Å². The SMILES string of the molecule is c1cc(-c2cccc3ccccc23)cc(N(c2ccc(-c3ccc4ccccc4c3)cc2)c2ccc(-c3cccc4c3sc3ccccc34)cc2)c1. The highest BCUT2D eigenvalue weighted by Crippen LogP contribution is 2.42. The van der Waals surface area contributed by atoms with E-state index in [4.69, 9.17) is 0 Å². The summed E-state index contributed by atoms with van der Waals surface area (Å²) in [6, 6.07) is 72.9. The maximum Gasteiger partial charge on any atom is 0.0467 e. The molecule has 0 atom stereocenters. The van der Waals surface area contributed by atoms with Crippen molar-refractivity contribution in [2.24, 2.45) is 0 Å². The largest absolute Gasteiger partial charge is 0.310 e. The molecule has 0 bridgehead atoms. The van der Waals surface area contributed by atoms with Crippen molar-refractivity contribution in [1.29, 1.82) is 0 Å². The first kappa shape index (κ1) is 30.4. The molecule has 9 aromatic carbocycles. The third-order valence-electron chi connectivity index (χ3n) is 10.3. The monoisotopic (exact) mass is 679 g/mol. The first-order valence-corrected chi connectivity index (χ1v) is 18.6. The average Bonchev–Trinajstić information content (AvgIpc) is 3.60. The van der Waals surface area contributed by atoms with Crippen LogP contribution in [0.4, 0.5) is 17.1 Å². The number of anilines is 3. The molecule has 0 fully saturated rings. The lowest BCUT2D eigenvalue weighted by atomic mass is 9.97. The third-order valence-corrected chi connectivity index (χ3v) is 11.5. The Labute approximate surface area is 307 Å². The van der Waals surface area contributed by atoms with Crippen molar-refractivity contribution in [3.63, 3.8) is 0 Å². The number of benzene rings is 9. The molecule has 0 radical (unpaired) electrons. The van der Waals surface area contributed by atoms with Gasteiger partial charge in [-0.2, -0.15) is 0 Å². The van der Waals surface area contributed by atoms with E-state index >= 15 is 0 Å². The predicted molar refractivity (Wildman–Crippen MR) is 225 cm³/mol. The molecule has 0 amide bonds. The van der Waals surface area contributed by atoms with Gasteiger partial charge < -0.3 is 4.90 Å². The second-order valence-corrected chi connectivity index (χ2v) is 14.4. The Morgan fingerprint density at radius 1 is 0.308 bits per heavy atom. The molecule has 0 aliphatic rings. The van der Waals surface area contributed by atoms with Crippen LogP contribution in [-0.2, 0) is 0 Å². The lowest BCUT2D eigenvalue weighted by Crippen LogP contribution is -2.10. The van der Waals surface area contributed by atoms with Crippen LogP contribution in [0.25, 0.3) is 75.1 Å². The van der Waals surface area contributed by atoms with E-state index in [9.17, 15) is 0 Å².